The number of hydrogen-bond donors (Lipinski definition) is 2. The third-order valence-corrected chi connectivity index (χ3v) is 3.48. The molecule has 0 spiro atoms. The van der Waals surface area contributed by atoms with Gasteiger partial charge >= 0.3 is 0 Å². The molecular weight excluding hydrogens is 260 g/mol. The molecule has 3 N–H and O–H groups in total. The van der Waals surface area contributed by atoms with Gasteiger partial charge in [0.05, 0.1) is 12.1 Å². The van der Waals surface area contributed by atoms with Crippen molar-refractivity contribution in [2.75, 3.05) is 18.9 Å². The van der Waals surface area contributed by atoms with E-state index in [0.717, 1.165) is 11.1 Å². The molecule has 2 rings (SSSR count). The molecule has 0 unspecified atom stereocenters. The summed E-state index contributed by atoms with van der Waals surface area (Å²) in [5.74, 6) is 0.649. The lowest BCUT2D eigenvalue weighted by atomic mass is 10.2. The van der Waals surface area contributed by atoms with Crippen molar-refractivity contribution in [3.8, 4) is 5.75 Å². The monoisotopic (exact) mass is 276 g/mol. The summed E-state index contributed by atoms with van der Waals surface area (Å²) < 4.78 is 5.49. The second-order valence-corrected chi connectivity index (χ2v) is 4.89. The summed E-state index contributed by atoms with van der Waals surface area (Å²) in [7, 11) is 0. The first-order valence-electron chi connectivity index (χ1n) is 5.96. The first-order chi connectivity index (χ1) is 9.16. The summed E-state index contributed by atoms with van der Waals surface area (Å²) in [6.07, 6.45) is 0. The number of carbonyl (C=O) groups is 1. The smallest absolute Gasteiger partial charge is 0.252 e. The molecule has 0 fully saturated rings. The zero-order valence-electron chi connectivity index (χ0n) is 10.7. The van der Waals surface area contributed by atoms with Gasteiger partial charge in [-0.25, -0.2) is 0 Å². The van der Waals surface area contributed by atoms with Gasteiger partial charge in [-0.3, -0.25) is 4.79 Å². The number of hydrogen-bond acceptors (Lipinski definition) is 4. The van der Waals surface area contributed by atoms with Gasteiger partial charge in [0.2, 0.25) is 0 Å². The van der Waals surface area contributed by atoms with Crippen LogP contribution in [0, 0.1) is 6.92 Å². The van der Waals surface area contributed by atoms with Crippen LogP contribution in [0.5, 0.6) is 5.75 Å². The van der Waals surface area contributed by atoms with Crippen molar-refractivity contribution in [2.24, 2.45) is 0 Å². The second-order valence-electron chi connectivity index (χ2n) is 4.15. The normalized spacial score (nSPS) is 10.2. The van der Waals surface area contributed by atoms with Crippen LogP contribution in [0.1, 0.15) is 15.9 Å². The van der Waals surface area contributed by atoms with Gasteiger partial charge < -0.3 is 15.8 Å². The lowest BCUT2D eigenvalue weighted by molar-refractivity contribution is 0.0947. The molecule has 4 nitrogen and oxygen atoms in total. The summed E-state index contributed by atoms with van der Waals surface area (Å²) >= 11 is 1.53. The van der Waals surface area contributed by atoms with Crippen molar-refractivity contribution in [3.63, 3.8) is 0 Å². The van der Waals surface area contributed by atoms with Gasteiger partial charge in [-0.15, -0.1) is 0 Å². The van der Waals surface area contributed by atoms with Crippen molar-refractivity contribution >= 4 is 22.9 Å². The number of nitrogens with one attached hydrogen (secondary N) is 1. The predicted molar refractivity (Wildman–Crippen MR) is 77.7 cm³/mol. The Hall–Kier alpha value is -2.01. The van der Waals surface area contributed by atoms with Gasteiger partial charge in [0.1, 0.15) is 12.4 Å². The van der Waals surface area contributed by atoms with Crippen molar-refractivity contribution in [3.05, 3.63) is 46.2 Å². The second kappa shape index (κ2) is 6.24. The molecule has 100 valence electrons. The highest BCUT2D eigenvalue weighted by Crippen LogP contribution is 2.14. The van der Waals surface area contributed by atoms with Crippen molar-refractivity contribution in [1.82, 2.24) is 5.32 Å². The molecule has 1 heterocycles. The van der Waals surface area contributed by atoms with E-state index in [1.165, 1.54) is 11.3 Å². The third kappa shape index (κ3) is 3.72. The van der Waals surface area contributed by atoms with Gasteiger partial charge in [-0.05, 0) is 30.0 Å². The molecule has 0 aliphatic carbocycles. The summed E-state index contributed by atoms with van der Waals surface area (Å²) in [5, 5.41) is 6.63. The maximum atomic E-state index is 11.8. The van der Waals surface area contributed by atoms with E-state index < -0.39 is 0 Å². The topological polar surface area (TPSA) is 64.3 Å². The number of ether oxygens (including phenoxy) is 1. The van der Waals surface area contributed by atoms with Crippen molar-refractivity contribution in [2.45, 2.75) is 6.92 Å². The molecule has 0 aliphatic rings. The van der Waals surface area contributed by atoms with Gasteiger partial charge in [-0.2, -0.15) is 11.3 Å². The fourth-order valence-corrected chi connectivity index (χ4v) is 2.45. The standard InChI is InChI=1S/C14H16N2O2S/c1-10-8-19-9-13(10)14(17)16-5-6-18-12-4-2-3-11(15)7-12/h2-4,7-9H,5-6,15H2,1H3,(H,16,17). The number of nitrogens with two attached hydrogens (primary N) is 1. The van der Waals surface area contributed by atoms with Crippen molar-refractivity contribution in [1.29, 1.82) is 0 Å². The van der Waals surface area contributed by atoms with Gasteiger partial charge in [0, 0.05) is 17.1 Å². The van der Waals surface area contributed by atoms with E-state index in [0.29, 0.717) is 24.6 Å². The molecule has 0 atom stereocenters. The highest BCUT2D eigenvalue weighted by molar-refractivity contribution is 7.08. The van der Waals surface area contributed by atoms with Gasteiger partial charge in [0.15, 0.2) is 0 Å². The third-order valence-electron chi connectivity index (χ3n) is 2.61. The van der Waals surface area contributed by atoms with E-state index in [-0.39, 0.29) is 5.91 Å². The largest absolute Gasteiger partial charge is 0.492 e. The molecular formula is C14H16N2O2S. The Kier molecular flexibility index (Phi) is 4.41. The first-order valence-corrected chi connectivity index (χ1v) is 6.90. The van der Waals surface area contributed by atoms with E-state index in [4.69, 9.17) is 10.5 Å². The zero-order chi connectivity index (χ0) is 13.7. The Bertz CT molecular complexity index is 566. The Morgan fingerprint density at radius 2 is 2.26 bits per heavy atom. The lowest BCUT2D eigenvalue weighted by Crippen LogP contribution is -2.28. The van der Waals surface area contributed by atoms with Crippen LogP contribution in [0.3, 0.4) is 0 Å². The number of thiophene rings is 1. The Morgan fingerprint density at radius 3 is 2.95 bits per heavy atom. The molecule has 0 bridgehead atoms. The van der Waals surface area contributed by atoms with Crippen LogP contribution in [0.2, 0.25) is 0 Å². The minimum Gasteiger partial charge on any atom is -0.492 e. The molecule has 1 aromatic heterocycles. The zero-order valence-corrected chi connectivity index (χ0v) is 11.5. The number of amides is 1. The summed E-state index contributed by atoms with van der Waals surface area (Å²) in [6.45, 7) is 2.80. The summed E-state index contributed by atoms with van der Waals surface area (Å²) in [5.41, 5.74) is 8.04. The lowest BCUT2D eigenvalue weighted by Gasteiger charge is -2.08. The fraction of sp³-hybridized carbons (Fsp3) is 0.214. The highest BCUT2D eigenvalue weighted by atomic mass is 32.1. The Labute approximate surface area is 116 Å². The quantitative estimate of drug-likeness (QED) is 0.651. The minimum atomic E-state index is -0.0603. The van der Waals surface area contributed by atoms with E-state index >= 15 is 0 Å². The Morgan fingerprint density at radius 1 is 1.42 bits per heavy atom. The van der Waals surface area contributed by atoms with Gasteiger partial charge in [0.25, 0.3) is 5.91 Å². The number of benzene rings is 1. The molecule has 0 radical (unpaired) electrons. The van der Waals surface area contributed by atoms with E-state index in [1.54, 1.807) is 12.1 Å². The average molecular weight is 276 g/mol. The molecule has 19 heavy (non-hydrogen) atoms. The van der Waals surface area contributed by atoms with E-state index in [9.17, 15) is 4.79 Å². The number of aryl methyl sites for hydroxylation is 1. The van der Waals surface area contributed by atoms with Crippen molar-refractivity contribution < 1.29 is 9.53 Å². The van der Waals surface area contributed by atoms with Crippen LogP contribution in [-0.2, 0) is 0 Å². The fourth-order valence-electron chi connectivity index (χ4n) is 1.63. The maximum absolute atomic E-state index is 11.8. The van der Waals surface area contributed by atoms with E-state index in [2.05, 4.69) is 5.32 Å². The summed E-state index contributed by atoms with van der Waals surface area (Å²) in [6, 6.07) is 7.22. The van der Waals surface area contributed by atoms with E-state index in [1.807, 2.05) is 29.8 Å². The predicted octanol–water partition coefficient (Wildman–Crippen LogP) is 2.45. The number of anilines is 1. The van der Waals surface area contributed by atoms with Crippen LogP contribution in [-0.4, -0.2) is 19.1 Å². The SMILES string of the molecule is Cc1cscc1C(=O)NCCOc1cccc(N)c1. The minimum absolute atomic E-state index is 0.0603. The number of carbonyl (C=O) groups excluding carboxylic acids is 1. The molecule has 0 aliphatic heterocycles. The maximum Gasteiger partial charge on any atom is 0.252 e. The van der Waals surface area contributed by atoms with Gasteiger partial charge in [-0.1, -0.05) is 6.07 Å². The van der Waals surface area contributed by atoms with Crippen LogP contribution in [0.15, 0.2) is 35.0 Å². The Balaban J connectivity index is 1.75. The van der Waals surface area contributed by atoms with Crippen LogP contribution < -0.4 is 15.8 Å². The van der Waals surface area contributed by atoms with Crippen LogP contribution in [0.25, 0.3) is 0 Å². The highest BCUT2D eigenvalue weighted by Gasteiger charge is 2.08. The molecule has 1 amide bonds. The molecule has 5 heteroatoms. The molecule has 0 saturated carbocycles. The molecule has 2 aromatic rings. The molecule has 0 saturated heterocycles. The molecule has 1 aromatic carbocycles. The first kappa shape index (κ1) is 13.4. The average Bonchev–Trinajstić information content (AvgIpc) is 2.81. The van der Waals surface area contributed by atoms with Crippen LogP contribution >= 0.6 is 11.3 Å². The summed E-state index contributed by atoms with van der Waals surface area (Å²) in [4.78, 5) is 11.8. The van der Waals surface area contributed by atoms with Crippen LogP contribution in [0.4, 0.5) is 5.69 Å². The number of nitrogen functional groups attached to an aromatic ring is 1. The number of rotatable bonds is 5.